The van der Waals surface area contributed by atoms with Crippen LogP contribution in [-0.2, 0) is 16.6 Å². The lowest BCUT2D eigenvalue weighted by molar-refractivity contribution is -0.129. The molecule has 2 aromatic carbocycles. The quantitative estimate of drug-likeness (QED) is 0.847. The average molecular weight is 341 g/mol. The van der Waals surface area contributed by atoms with E-state index in [1.54, 1.807) is 30.3 Å². The summed E-state index contributed by atoms with van der Waals surface area (Å²) in [5.41, 5.74) is 1.32. The van der Waals surface area contributed by atoms with Crippen molar-refractivity contribution in [1.82, 2.24) is 5.32 Å². The van der Waals surface area contributed by atoms with E-state index in [2.05, 4.69) is 5.32 Å². The molecule has 1 aliphatic carbocycles. The Hall–Kier alpha value is -2.69. The molecule has 0 atom stereocenters. The molecule has 0 unspecified atom stereocenters. The lowest BCUT2D eigenvalue weighted by atomic mass is 9.64. The number of hydrogen-bond acceptors (Lipinski definition) is 2. The van der Waals surface area contributed by atoms with E-state index in [9.17, 15) is 14.0 Å². The summed E-state index contributed by atoms with van der Waals surface area (Å²) >= 11 is 0. The van der Waals surface area contributed by atoms with Crippen LogP contribution in [0.5, 0.6) is 0 Å². The molecule has 1 fully saturated rings. The first-order valence-electron chi connectivity index (χ1n) is 8.38. The maximum atomic E-state index is 13.5. The molecule has 2 N–H and O–H groups in total. The molecule has 0 bridgehead atoms. The molecular weight excluding hydrogens is 321 g/mol. The van der Waals surface area contributed by atoms with E-state index in [0.29, 0.717) is 13.0 Å². The standard InChI is InChI=1S/C20H20FNO3/c21-17-4-1-3-16(13-17)20(10-2-11-20)19(25)22-12-9-14-5-7-15(8-6-14)18(23)24/h1,3-8,13H,2,9-12H2,(H,22,25)(H,23,24). The zero-order valence-corrected chi connectivity index (χ0v) is 13.8. The van der Waals surface area contributed by atoms with Gasteiger partial charge in [0.25, 0.3) is 0 Å². The Balaban J connectivity index is 1.60. The lowest BCUT2D eigenvalue weighted by Gasteiger charge is -2.40. The number of halogens is 1. The van der Waals surface area contributed by atoms with Crippen molar-refractivity contribution >= 4 is 11.9 Å². The number of amides is 1. The van der Waals surface area contributed by atoms with Crippen LogP contribution < -0.4 is 5.32 Å². The summed E-state index contributed by atoms with van der Waals surface area (Å²) in [6.07, 6.45) is 3.04. The van der Waals surface area contributed by atoms with Crippen molar-refractivity contribution in [2.24, 2.45) is 0 Å². The summed E-state index contributed by atoms with van der Waals surface area (Å²) in [7, 11) is 0. The fraction of sp³-hybridized carbons (Fsp3) is 0.300. The molecule has 1 amide bonds. The van der Waals surface area contributed by atoms with E-state index in [0.717, 1.165) is 30.4 Å². The number of rotatable bonds is 6. The Labute approximate surface area is 145 Å². The minimum Gasteiger partial charge on any atom is -0.478 e. The summed E-state index contributed by atoms with van der Waals surface area (Å²) in [5, 5.41) is 11.8. The van der Waals surface area contributed by atoms with E-state index in [1.807, 2.05) is 6.07 Å². The van der Waals surface area contributed by atoms with Gasteiger partial charge in [-0.25, -0.2) is 9.18 Å². The van der Waals surface area contributed by atoms with Crippen molar-refractivity contribution in [2.75, 3.05) is 6.54 Å². The Bertz CT molecular complexity index is 782. The highest BCUT2D eigenvalue weighted by atomic mass is 19.1. The number of carboxylic acid groups (broad SMARTS) is 1. The zero-order valence-electron chi connectivity index (χ0n) is 13.8. The van der Waals surface area contributed by atoms with Gasteiger partial charge in [-0.3, -0.25) is 4.79 Å². The Kier molecular flexibility index (Phi) is 4.83. The molecular formula is C20H20FNO3. The second-order valence-corrected chi connectivity index (χ2v) is 6.45. The fourth-order valence-electron chi connectivity index (χ4n) is 3.27. The average Bonchev–Trinajstić information content (AvgIpc) is 2.54. The van der Waals surface area contributed by atoms with E-state index in [-0.39, 0.29) is 17.3 Å². The van der Waals surface area contributed by atoms with Gasteiger partial charge in [-0.05, 0) is 54.7 Å². The van der Waals surface area contributed by atoms with Crippen LogP contribution in [0.1, 0.15) is 40.7 Å². The third-order valence-electron chi connectivity index (χ3n) is 4.92. The van der Waals surface area contributed by atoms with E-state index in [1.165, 1.54) is 12.1 Å². The van der Waals surface area contributed by atoms with E-state index in [4.69, 9.17) is 5.11 Å². The van der Waals surface area contributed by atoms with Crippen LogP contribution in [0.3, 0.4) is 0 Å². The highest BCUT2D eigenvalue weighted by molar-refractivity contribution is 5.89. The predicted molar refractivity (Wildman–Crippen MR) is 92.0 cm³/mol. The Morgan fingerprint density at radius 1 is 1.12 bits per heavy atom. The molecule has 1 saturated carbocycles. The topological polar surface area (TPSA) is 66.4 Å². The second kappa shape index (κ2) is 7.05. The second-order valence-electron chi connectivity index (χ2n) is 6.45. The summed E-state index contributed by atoms with van der Waals surface area (Å²) < 4.78 is 13.5. The maximum absolute atomic E-state index is 13.5. The zero-order chi connectivity index (χ0) is 17.9. The summed E-state index contributed by atoms with van der Waals surface area (Å²) in [4.78, 5) is 23.5. The monoisotopic (exact) mass is 341 g/mol. The largest absolute Gasteiger partial charge is 0.478 e. The third-order valence-corrected chi connectivity index (χ3v) is 4.92. The summed E-state index contributed by atoms with van der Waals surface area (Å²) in [6, 6.07) is 12.9. The van der Waals surface area contributed by atoms with Gasteiger partial charge in [-0.1, -0.05) is 30.7 Å². The smallest absolute Gasteiger partial charge is 0.335 e. The first-order valence-corrected chi connectivity index (χ1v) is 8.38. The van der Waals surface area contributed by atoms with Gasteiger partial charge in [0.1, 0.15) is 5.82 Å². The van der Waals surface area contributed by atoms with Crippen LogP contribution in [0.4, 0.5) is 4.39 Å². The molecule has 1 aliphatic rings. The molecule has 0 aliphatic heterocycles. The van der Waals surface area contributed by atoms with Crippen molar-refractivity contribution in [3.63, 3.8) is 0 Å². The number of carbonyl (C=O) groups is 2. The number of carbonyl (C=O) groups excluding carboxylic acids is 1. The van der Waals surface area contributed by atoms with Gasteiger partial charge in [0.15, 0.2) is 0 Å². The SMILES string of the molecule is O=C(O)c1ccc(CCNC(=O)C2(c3cccc(F)c3)CCC2)cc1. The van der Waals surface area contributed by atoms with Crippen LogP contribution >= 0.6 is 0 Å². The minimum atomic E-state index is -0.957. The van der Waals surface area contributed by atoms with Gasteiger partial charge >= 0.3 is 5.97 Å². The lowest BCUT2D eigenvalue weighted by Crippen LogP contribution is -2.49. The number of carboxylic acids is 1. The van der Waals surface area contributed by atoms with Gasteiger partial charge < -0.3 is 10.4 Å². The predicted octanol–water partition coefficient (Wildman–Crippen LogP) is 3.30. The van der Waals surface area contributed by atoms with Gasteiger partial charge in [-0.15, -0.1) is 0 Å². The molecule has 4 nitrogen and oxygen atoms in total. The number of aromatic carboxylic acids is 1. The Morgan fingerprint density at radius 2 is 1.84 bits per heavy atom. The van der Waals surface area contributed by atoms with E-state index < -0.39 is 11.4 Å². The fourth-order valence-corrected chi connectivity index (χ4v) is 3.27. The van der Waals surface area contributed by atoms with Crippen molar-refractivity contribution in [2.45, 2.75) is 31.1 Å². The van der Waals surface area contributed by atoms with Gasteiger partial charge in [-0.2, -0.15) is 0 Å². The van der Waals surface area contributed by atoms with Crippen LogP contribution in [0, 0.1) is 5.82 Å². The molecule has 0 radical (unpaired) electrons. The highest BCUT2D eigenvalue weighted by Gasteiger charge is 2.45. The third kappa shape index (κ3) is 3.55. The number of benzene rings is 2. The van der Waals surface area contributed by atoms with Crippen LogP contribution in [0.15, 0.2) is 48.5 Å². The normalized spacial score (nSPS) is 15.2. The Morgan fingerprint density at radius 3 is 2.40 bits per heavy atom. The van der Waals surface area contributed by atoms with Crippen molar-refractivity contribution in [1.29, 1.82) is 0 Å². The van der Waals surface area contributed by atoms with Crippen LogP contribution in [-0.4, -0.2) is 23.5 Å². The molecule has 0 heterocycles. The molecule has 2 aromatic rings. The van der Waals surface area contributed by atoms with Crippen molar-refractivity contribution < 1.29 is 19.1 Å². The maximum Gasteiger partial charge on any atom is 0.335 e. The first-order chi connectivity index (χ1) is 12.0. The van der Waals surface area contributed by atoms with Gasteiger partial charge in [0.05, 0.1) is 11.0 Å². The van der Waals surface area contributed by atoms with Crippen molar-refractivity contribution in [3.8, 4) is 0 Å². The molecule has 25 heavy (non-hydrogen) atoms. The number of nitrogens with one attached hydrogen (secondary N) is 1. The van der Waals surface area contributed by atoms with Crippen molar-refractivity contribution in [3.05, 3.63) is 71.0 Å². The summed E-state index contributed by atoms with van der Waals surface area (Å²) in [6.45, 7) is 0.461. The molecule has 3 rings (SSSR count). The number of hydrogen-bond donors (Lipinski definition) is 2. The first kappa shape index (κ1) is 17.1. The molecule has 130 valence electrons. The highest BCUT2D eigenvalue weighted by Crippen LogP contribution is 2.44. The van der Waals surface area contributed by atoms with E-state index >= 15 is 0 Å². The van der Waals surface area contributed by atoms with Crippen LogP contribution in [0.25, 0.3) is 0 Å². The molecule has 5 heteroatoms. The molecule has 0 aromatic heterocycles. The minimum absolute atomic E-state index is 0.0634. The molecule has 0 saturated heterocycles. The molecule has 0 spiro atoms. The van der Waals surface area contributed by atoms with Gasteiger partial charge in [0, 0.05) is 6.54 Å². The van der Waals surface area contributed by atoms with Gasteiger partial charge in [0.2, 0.25) is 5.91 Å². The van der Waals surface area contributed by atoms with Crippen LogP contribution in [0.2, 0.25) is 0 Å². The summed E-state index contributed by atoms with van der Waals surface area (Å²) in [5.74, 6) is -1.34.